The quantitative estimate of drug-likeness (QED) is 0.766. The molecule has 2 aromatic heterocycles. The lowest BCUT2D eigenvalue weighted by Gasteiger charge is -2.06. The van der Waals surface area contributed by atoms with Gasteiger partial charge in [-0.05, 0) is 37.5 Å². The van der Waals surface area contributed by atoms with Crippen molar-refractivity contribution in [3.05, 3.63) is 34.8 Å². The Labute approximate surface area is 135 Å². The second-order valence-electron chi connectivity index (χ2n) is 4.48. The minimum Gasteiger partial charge on any atom is -0.493 e. The van der Waals surface area contributed by atoms with Gasteiger partial charge in [0.1, 0.15) is 10.6 Å². The molecule has 0 unspecified atom stereocenters. The maximum Gasteiger partial charge on any atom is 0.322 e. The minimum atomic E-state index is -0.384. The van der Waals surface area contributed by atoms with Crippen LogP contribution in [0.4, 0.5) is 6.01 Å². The Morgan fingerprint density at radius 2 is 2.13 bits per heavy atom. The Morgan fingerprint density at radius 3 is 2.87 bits per heavy atom. The molecule has 1 amide bonds. The summed E-state index contributed by atoms with van der Waals surface area (Å²) in [6, 6.07) is 7.32. The number of para-hydroxylation sites is 1. The summed E-state index contributed by atoms with van der Waals surface area (Å²) in [5.41, 5.74) is 1.21. The predicted octanol–water partition coefficient (Wildman–Crippen LogP) is 2.55. The summed E-state index contributed by atoms with van der Waals surface area (Å²) in [7, 11) is 0. The smallest absolute Gasteiger partial charge is 0.322 e. The first kappa shape index (κ1) is 15.1. The van der Waals surface area contributed by atoms with Crippen LogP contribution in [-0.4, -0.2) is 32.3 Å². The number of carbonyl (C=O) groups excluding carboxylic acids is 1. The minimum absolute atomic E-state index is 0.00380. The molecule has 0 aliphatic carbocycles. The number of benzene rings is 1. The Hall–Kier alpha value is -2.81. The summed E-state index contributed by atoms with van der Waals surface area (Å²) in [5.74, 6) is 0.522. The summed E-state index contributed by atoms with van der Waals surface area (Å²) in [6.45, 7) is 4.12. The van der Waals surface area contributed by atoms with Gasteiger partial charge in [0.15, 0.2) is 0 Å². The second kappa shape index (κ2) is 6.53. The molecule has 1 aromatic carbocycles. The van der Waals surface area contributed by atoms with E-state index >= 15 is 0 Å². The molecule has 118 valence electrons. The van der Waals surface area contributed by atoms with E-state index in [4.69, 9.17) is 9.15 Å². The largest absolute Gasteiger partial charge is 0.493 e. The van der Waals surface area contributed by atoms with E-state index in [9.17, 15) is 4.79 Å². The van der Waals surface area contributed by atoms with Crippen molar-refractivity contribution < 1.29 is 13.9 Å². The van der Waals surface area contributed by atoms with Crippen molar-refractivity contribution in [1.82, 2.24) is 19.8 Å². The molecule has 9 heteroatoms. The summed E-state index contributed by atoms with van der Waals surface area (Å²) in [4.78, 5) is 12.5. The molecular formula is C14H13N5O3S. The molecule has 0 fully saturated rings. The van der Waals surface area contributed by atoms with Gasteiger partial charge < -0.3 is 9.15 Å². The highest BCUT2D eigenvalue weighted by molar-refractivity contribution is 7.08. The molecule has 0 bridgehead atoms. The van der Waals surface area contributed by atoms with Crippen LogP contribution in [0.15, 0.2) is 28.7 Å². The molecule has 3 rings (SSSR count). The van der Waals surface area contributed by atoms with Crippen molar-refractivity contribution in [2.75, 3.05) is 11.9 Å². The van der Waals surface area contributed by atoms with E-state index < -0.39 is 0 Å². The van der Waals surface area contributed by atoms with Crippen molar-refractivity contribution in [2.45, 2.75) is 13.8 Å². The van der Waals surface area contributed by atoms with Crippen molar-refractivity contribution >= 4 is 23.5 Å². The first-order chi connectivity index (χ1) is 11.2. The summed E-state index contributed by atoms with van der Waals surface area (Å²) < 4.78 is 14.7. The molecule has 0 aliphatic heterocycles. The highest BCUT2D eigenvalue weighted by Gasteiger charge is 2.18. The fourth-order valence-electron chi connectivity index (χ4n) is 1.90. The molecule has 0 saturated carbocycles. The average Bonchev–Trinajstić information content (AvgIpc) is 3.17. The highest BCUT2D eigenvalue weighted by atomic mass is 32.1. The van der Waals surface area contributed by atoms with Crippen LogP contribution in [0, 0.1) is 6.92 Å². The molecule has 0 spiro atoms. The van der Waals surface area contributed by atoms with Crippen LogP contribution in [0.1, 0.15) is 22.3 Å². The SMILES string of the molecule is CCOc1ccccc1-c1nnc(NC(=O)c2snnc2C)o1. The molecular weight excluding hydrogens is 318 g/mol. The van der Waals surface area contributed by atoms with Crippen LogP contribution < -0.4 is 10.1 Å². The first-order valence-corrected chi connectivity index (χ1v) is 7.62. The molecule has 0 saturated heterocycles. The Morgan fingerprint density at radius 1 is 1.30 bits per heavy atom. The van der Waals surface area contributed by atoms with E-state index in [0.717, 1.165) is 11.5 Å². The standard InChI is InChI=1S/C14H13N5O3S/c1-3-21-10-7-5-4-6-9(10)13-17-18-14(22-13)15-12(20)11-8(2)16-19-23-11/h4-7H,3H2,1-2H3,(H,15,18,20). The molecule has 8 nitrogen and oxygen atoms in total. The number of hydrogen-bond acceptors (Lipinski definition) is 8. The molecule has 1 N–H and O–H groups in total. The number of anilines is 1. The number of amides is 1. The summed E-state index contributed by atoms with van der Waals surface area (Å²) >= 11 is 1.01. The summed E-state index contributed by atoms with van der Waals surface area (Å²) in [5, 5.41) is 14.1. The maximum absolute atomic E-state index is 12.1. The first-order valence-electron chi connectivity index (χ1n) is 6.85. The molecule has 3 aromatic rings. The van der Waals surface area contributed by atoms with Gasteiger partial charge >= 0.3 is 6.01 Å². The third-order valence-electron chi connectivity index (χ3n) is 2.92. The number of aryl methyl sites for hydroxylation is 1. The van der Waals surface area contributed by atoms with E-state index in [1.165, 1.54) is 0 Å². The lowest BCUT2D eigenvalue weighted by Crippen LogP contribution is -2.11. The Bertz CT molecular complexity index is 829. The topological polar surface area (TPSA) is 103 Å². The fraction of sp³-hybridized carbons (Fsp3) is 0.214. The monoisotopic (exact) mass is 331 g/mol. The van der Waals surface area contributed by atoms with E-state index in [1.54, 1.807) is 13.0 Å². The number of nitrogens with zero attached hydrogens (tertiary/aromatic N) is 4. The van der Waals surface area contributed by atoms with Crippen molar-refractivity contribution in [3.8, 4) is 17.2 Å². The molecule has 0 radical (unpaired) electrons. The van der Waals surface area contributed by atoms with Gasteiger partial charge in [-0.2, -0.15) is 0 Å². The van der Waals surface area contributed by atoms with E-state index in [-0.39, 0.29) is 17.8 Å². The number of aromatic nitrogens is 4. The number of carbonyl (C=O) groups is 1. The number of rotatable bonds is 5. The zero-order chi connectivity index (χ0) is 16.2. The van der Waals surface area contributed by atoms with E-state index in [0.29, 0.717) is 28.5 Å². The van der Waals surface area contributed by atoms with Gasteiger partial charge in [-0.3, -0.25) is 10.1 Å². The lowest BCUT2D eigenvalue weighted by atomic mass is 10.2. The highest BCUT2D eigenvalue weighted by Crippen LogP contribution is 2.29. The summed E-state index contributed by atoms with van der Waals surface area (Å²) in [6.07, 6.45) is 0. The van der Waals surface area contributed by atoms with Crippen LogP contribution in [0.3, 0.4) is 0 Å². The number of nitrogens with one attached hydrogen (secondary N) is 1. The van der Waals surface area contributed by atoms with Crippen LogP contribution in [0.5, 0.6) is 5.75 Å². The van der Waals surface area contributed by atoms with E-state index in [2.05, 4.69) is 25.1 Å². The van der Waals surface area contributed by atoms with Crippen LogP contribution in [0.25, 0.3) is 11.5 Å². The van der Waals surface area contributed by atoms with Crippen molar-refractivity contribution in [2.24, 2.45) is 0 Å². The van der Waals surface area contributed by atoms with Crippen LogP contribution in [0.2, 0.25) is 0 Å². The normalized spacial score (nSPS) is 10.5. The van der Waals surface area contributed by atoms with Crippen LogP contribution in [-0.2, 0) is 0 Å². The molecule has 0 atom stereocenters. The molecule has 0 aliphatic rings. The second-order valence-corrected chi connectivity index (χ2v) is 5.24. The van der Waals surface area contributed by atoms with Gasteiger partial charge in [0.05, 0.1) is 17.9 Å². The van der Waals surface area contributed by atoms with Gasteiger partial charge in [0, 0.05) is 0 Å². The third kappa shape index (κ3) is 3.19. The molecule has 23 heavy (non-hydrogen) atoms. The van der Waals surface area contributed by atoms with Gasteiger partial charge in [0.25, 0.3) is 11.8 Å². The van der Waals surface area contributed by atoms with Gasteiger partial charge in [-0.15, -0.1) is 10.2 Å². The lowest BCUT2D eigenvalue weighted by molar-refractivity contribution is 0.102. The predicted molar refractivity (Wildman–Crippen MR) is 83.5 cm³/mol. The molecule has 2 heterocycles. The fourth-order valence-corrected chi connectivity index (χ4v) is 2.45. The van der Waals surface area contributed by atoms with Gasteiger partial charge in [0.2, 0.25) is 0 Å². The zero-order valence-electron chi connectivity index (χ0n) is 12.4. The zero-order valence-corrected chi connectivity index (χ0v) is 13.3. The van der Waals surface area contributed by atoms with Crippen LogP contribution >= 0.6 is 11.5 Å². The van der Waals surface area contributed by atoms with E-state index in [1.807, 2.05) is 25.1 Å². The maximum atomic E-state index is 12.1. The van der Waals surface area contributed by atoms with Crippen molar-refractivity contribution in [1.29, 1.82) is 0 Å². The van der Waals surface area contributed by atoms with Crippen molar-refractivity contribution in [3.63, 3.8) is 0 Å². The van der Waals surface area contributed by atoms with Gasteiger partial charge in [-0.1, -0.05) is 21.7 Å². The Kier molecular flexibility index (Phi) is 4.29. The Balaban J connectivity index is 1.81. The third-order valence-corrected chi connectivity index (χ3v) is 3.75. The number of hydrogen-bond donors (Lipinski definition) is 1. The average molecular weight is 331 g/mol. The number of ether oxygens (including phenoxy) is 1. The van der Waals surface area contributed by atoms with Gasteiger partial charge in [-0.25, -0.2) is 0 Å².